The van der Waals surface area contributed by atoms with Crippen molar-refractivity contribution in [1.29, 1.82) is 0 Å². The lowest BCUT2D eigenvalue weighted by molar-refractivity contribution is 0.670. The summed E-state index contributed by atoms with van der Waals surface area (Å²) in [5, 5.41) is 6.25. The summed E-state index contributed by atoms with van der Waals surface area (Å²) in [6.45, 7) is 0. The molecule has 0 spiro atoms. The van der Waals surface area contributed by atoms with Gasteiger partial charge in [0.05, 0.1) is 22.9 Å². The molecule has 0 N–H and O–H groups in total. The summed E-state index contributed by atoms with van der Waals surface area (Å²) < 4.78 is 51.6. The quantitative estimate of drug-likeness (QED) is 0.170. The molecule has 55 heavy (non-hydrogen) atoms. The van der Waals surface area contributed by atoms with Crippen LogP contribution < -0.4 is 4.90 Å². The number of benzene rings is 9. The van der Waals surface area contributed by atoms with Gasteiger partial charge in [0.15, 0.2) is 5.58 Å². The van der Waals surface area contributed by atoms with Crippen molar-refractivity contribution in [2.24, 2.45) is 0 Å². The first kappa shape index (κ1) is 26.8. The van der Waals surface area contributed by atoms with Crippen LogP contribution in [-0.4, -0.2) is 0 Å². The van der Waals surface area contributed by atoms with Gasteiger partial charge in [0.25, 0.3) is 0 Å². The predicted molar refractivity (Wildman–Crippen MR) is 235 cm³/mol. The Bertz CT molecular complexity index is 3470. The number of anilines is 3. The Kier molecular flexibility index (Phi) is 6.27. The summed E-state index contributed by atoms with van der Waals surface area (Å²) in [6.07, 6.45) is 0. The normalized spacial score (nSPS) is 12.9. The van der Waals surface area contributed by atoms with Gasteiger partial charge < -0.3 is 9.32 Å². The van der Waals surface area contributed by atoms with Gasteiger partial charge in [0.2, 0.25) is 0 Å². The largest absolute Gasteiger partial charge is 0.453 e. The Morgan fingerprint density at radius 2 is 0.982 bits per heavy atom. The third kappa shape index (κ3) is 5.16. The summed E-state index contributed by atoms with van der Waals surface area (Å²) in [5.41, 5.74) is 9.47. The Morgan fingerprint density at radius 3 is 1.75 bits per heavy atom. The highest BCUT2D eigenvalue weighted by molar-refractivity contribution is 7.26. The fourth-order valence-electron chi connectivity index (χ4n) is 8.09. The van der Waals surface area contributed by atoms with E-state index in [1.165, 1.54) is 20.2 Å². The zero-order chi connectivity index (χ0) is 40.6. The van der Waals surface area contributed by atoms with E-state index in [0.29, 0.717) is 5.56 Å². The van der Waals surface area contributed by atoms with Gasteiger partial charge in [-0.3, -0.25) is 0 Å². The zero-order valence-corrected chi connectivity index (χ0v) is 30.2. The van der Waals surface area contributed by atoms with Gasteiger partial charge in [-0.25, -0.2) is 0 Å². The van der Waals surface area contributed by atoms with Crippen LogP contribution in [0.15, 0.2) is 204 Å². The fourth-order valence-corrected chi connectivity index (χ4v) is 9.29. The maximum atomic E-state index is 8.70. The fraction of sp³-hybridized carbons (Fsp3) is 0. The van der Waals surface area contributed by atoms with Crippen molar-refractivity contribution >= 4 is 81.3 Å². The van der Waals surface area contributed by atoms with Crippen molar-refractivity contribution < 1.29 is 11.3 Å². The van der Waals surface area contributed by atoms with Crippen LogP contribution in [0.4, 0.5) is 17.1 Å². The summed E-state index contributed by atoms with van der Waals surface area (Å²) >= 11 is 1.79. The van der Waals surface area contributed by atoms with Crippen molar-refractivity contribution in [2.45, 2.75) is 0 Å². The van der Waals surface area contributed by atoms with E-state index in [4.69, 9.17) is 11.3 Å². The molecule has 0 atom stereocenters. The Balaban J connectivity index is 1.10. The molecule has 0 saturated carbocycles. The van der Waals surface area contributed by atoms with Crippen molar-refractivity contribution in [3.05, 3.63) is 200 Å². The molecular weight excluding hydrogens is 687 g/mol. The molecule has 11 rings (SSSR count). The summed E-state index contributed by atoms with van der Waals surface area (Å²) in [4.78, 5) is 2.31. The second-order valence-corrected chi connectivity index (χ2v) is 14.7. The van der Waals surface area contributed by atoms with Crippen molar-refractivity contribution in [3.63, 3.8) is 0 Å². The molecule has 0 saturated heterocycles. The minimum atomic E-state index is -0.402. The molecule has 0 bridgehead atoms. The molecule has 0 amide bonds. The number of hydrogen-bond acceptors (Lipinski definition) is 3. The highest BCUT2D eigenvalue weighted by atomic mass is 32.1. The van der Waals surface area contributed by atoms with E-state index in [9.17, 15) is 0 Å². The highest BCUT2D eigenvalue weighted by Crippen LogP contribution is 2.48. The second-order valence-electron chi connectivity index (χ2n) is 13.6. The monoisotopic (exact) mass is 724 g/mol. The van der Waals surface area contributed by atoms with Gasteiger partial charge in [-0.2, -0.15) is 0 Å². The maximum Gasteiger partial charge on any atom is 0.159 e. The first-order valence-electron chi connectivity index (χ1n) is 20.8. The van der Waals surface area contributed by atoms with Crippen LogP contribution in [0.3, 0.4) is 0 Å². The van der Waals surface area contributed by atoms with Crippen LogP contribution in [0.5, 0.6) is 0 Å². The number of nitrogens with zero attached hydrogens (tertiary/aromatic N) is 1. The molecule has 0 fully saturated rings. The van der Waals surface area contributed by atoms with Gasteiger partial charge in [-0.1, -0.05) is 170 Å². The molecule has 0 radical (unpaired) electrons. The minimum Gasteiger partial charge on any atom is -0.453 e. The van der Waals surface area contributed by atoms with E-state index < -0.39 is 6.04 Å². The third-order valence-electron chi connectivity index (χ3n) is 10.6. The van der Waals surface area contributed by atoms with Gasteiger partial charge in [-0.05, 0) is 68.9 Å². The van der Waals surface area contributed by atoms with Crippen LogP contribution >= 0.6 is 11.3 Å². The zero-order valence-electron chi connectivity index (χ0n) is 34.4. The average molecular weight is 725 g/mol. The van der Waals surface area contributed by atoms with Crippen molar-refractivity contribution in [1.82, 2.24) is 0 Å². The van der Waals surface area contributed by atoms with Gasteiger partial charge >= 0.3 is 0 Å². The third-order valence-corrected chi connectivity index (χ3v) is 11.8. The number of hydrogen-bond donors (Lipinski definition) is 0. The van der Waals surface area contributed by atoms with Crippen LogP contribution in [0.25, 0.3) is 86.3 Å². The molecule has 9 aromatic carbocycles. The van der Waals surface area contributed by atoms with E-state index in [-0.39, 0.29) is 29.7 Å². The molecule has 11 aromatic rings. The number of fused-ring (bicyclic) bond motifs is 7. The molecule has 258 valence electrons. The molecule has 3 heteroatoms. The maximum absolute atomic E-state index is 8.70. The predicted octanol–water partition coefficient (Wildman–Crippen LogP) is 15.6. The molecule has 0 aliphatic carbocycles. The molecule has 2 aromatic heterocycles. The van der Waals surface area contributed by atoms with Gasteiger partial charge in [-0.15, -0.1) is 11.3 Å². The first-order valence-corrected chi connectivity index (χ1v) is 19.1. The topological polar surface area (TPSA) is 16.4 Å². The summed E-state index contributed by atoms with van der Waals surface area (Å²) in [7, 11) is 0. The van der Waals surface area contributed by atoms with Crippen molar-refractivity contribution in [2.75, 3.05) is 4.90 Å². The first-order chi connectivity index (χ1) is 29.4. The highest BCUT2D eigenvalue weighted by Gasteiger charge is 2.23. The van der Waals surface area contributed by atoms with Crippen LogP contribution in [-0.2, 0) is 0 Å². The Labute approximate surface area is 329 Å². The number of rotatable bonds is 6. The molecule has 0 aliphatic heterocycles. The number of para-hydroxylation sites is 2. The van der Waals surface area contributed by atoms with E-state index in [1.807, 2.05) is 42.5 Å². The lowest BCUT2D eigenvalue weighted by Gasteiger charge is -2.26. The second kappa shape index (κ2) is 12.9. The Morgan fingerprint density at radius 1 is 0.400 bits per heavy atom. The van der Waals surface area contributed by atoms with E-state index in [1.54, 1.807) is 11.3 Å². The van der Waals surface area contributed by atoms with Gasteiger partial charge in [0.1, 0.15) is 5.58 Å². The lowest BCUT2D eigenvalue weighted by Crippen LogP contribution is -2.10. The molecule has 2 heterocycles. The van der Waals surface area contributed by atoms with Crippen LogP contribution in [0, 0.1) is 0 Å². The van der Waals surface area contributed by atoms with Crippen LogP contribution in [0.1, 0.15) is 6.85 Å². The molecule has 0 unspecified atom stereocenters. The van der Waals surface area contributed by atoms with E-state index in [2.05, 4.69) is 132 Å². The van der Waals surface area contributed by atoms with E-state index >= 15 is 0 Å². The van der Waals surface area contributed by atoms with Crippen LogP contribution in [0.2, 0.25) is 0 Å². The molecule has 0 aliphatic rings. The molecule has 2 nitrogen and oxygen atoms in total. The van der Waals surface area contributed by atoms with E-state index in [0.717, 1.165) is 72.0 Å². The van der Waals surface area contributed by atoms with Gasteiger partial charge in [0, 0.05) is 37.5 Å². The lowest BCUT2D eigenvalue weighted by atomic mass is 9.92. The van der Waals surface area contributed by atoms with Crippen molar-refractivity contribution in [3.8, 4) is 33.4 Å². The number of thiophene rings is 1. The average Bonchev–Trinajstić information content (AvgIpc) is 3.88. The summed E-state index contributed by atoms with van der Waals surface area (Å²) in [6, 6.07) is 56.9. The Hall–Kier alpha value is -6.94. The SMILES string of the molecule is [2H]c1c([2H])c([2H])c(-c2ccc(-c3ccc(N(c4cccc5c4oc4c(-c6ccccc6)cccc45)c4cccc5c4sc4ccccc45)cc3)c3ccccc23)c([2H])c1[2H]. The summed E-state index contributed by atoms with van der Waals surface area (Å²) in [5.74, 6) is 0. The number of furan rings is 1. The molecular formula is C52H33NOS. The standard InChI is InChI=1S/C52H33NOS/c1-3-14-34(15-4-1)38-32-33-39(42-19-8-7-18-41(38)42)36-28-30-37(31-29-36)53(48-26-13-24-46-43-20-9-10-27-49(43)55-52(46)48)47-25-12-23-45-44-22-11-21-40(50(44)54-51(45)47)35-16-5-2-6-17-35/h1-33H/i1D,3D,4D,14D,15D. The smallest absolute Gasteiger partial charge is 0.159 e. The minimum absolute atomic E-state index is 0.195.